The van der Waals surface area contributed by atoms with Crippen molar-refractivity contribution in [1.82, 2.24) is 4.57 Å². The Morgan fingerprint density at radius 1 is 1.16 bits per heavy atom. The van der Waals surface area contributed by atoms with Crippen molar-refractivity contribution in [2.75, 3.05) is 5.32 Å². The molecule has 1 aliphatic rings. The van der Waals surface area contributed by atoms with Crippen LogP contribution in [0.15, 0.2) is 53.5 Å². The zero-order valence-corrected chi connectivity index (χ0v) is 18.9. The summed E-state index contributed by atoms with van der Waals surface area (Å²) in [5.74, 6) is -0.266. The zero-order valence-electron chi connectivity index (χ0n) is 17.3. The first-order valence-corrected chi connectivity index (χ1v) is 11.6. The summed E-state index contributed by atoms with van der Waals surface area (Å²) >= 11 is 6.82. The summed E-state index contributed by atoms with van der Waals surface area (Å²) in [5.41, 5.74) is 3.50. The average molecular weight is 468 g/mol. The lowest BCUT2D eigenvalue weighted by molar-refractivity contribution is -0.116. The third kappa shape index (κ3) is 5.20. The maximum atomic E-state index is 12.9. The summed E-state index contributed by atoms with van der Waals surface area (Å²) in [7, 11) is 0. The lowest BCUT2D eigenvalue weighted by atomic mass is 10.1. The van der Waals surface area contributed by atoms with Crippen molar-refractivity contribution in [2.45, 2.75) is 32.2 Å². The number of carbonyl (C=O) groups is 1. The molecule has 2 N–H and O–H groups in total. The first-order chi connectivity index (χ1) is 15.5. The van der Waals surface area contributed by atoms with Crippen LogP contribution in [0.25, 0.3) is 11.6 Å². The van der Waals surface area contributed by atoms with E-state index in [2.05, 4.69) is 10.3 Å². The summed E-state index contributed by atoms with van der Waals surface area (Å²) in [4.78, 5) is 17.1. The normalized spacial score (nSPS) is 13.5. The van der Waals surface area contributed by atoms with Gasteiger partial charge in [-0.15, -0.1) is 11.3 Å². The van der Waals surface area contributed by atoms with Gasteiger partial charge in [-0.1, -0.05) is 24.6 Å². The topological polar surface area (TPSA) is 66.6 Å². The molecule has 0 radical (unpaired) electrons. The molecule has 0 bridgehead atoms. The number of nitrogens with zero attached hydrogens (tertiary/aromatic N) is 2. The number of unbranched alkanes of at least 4 members (excludes halogenated alkanes) is 2. The third-order valence-corrected chi connectivity index (χ3v) is 6.54. The van der Waals surface area contributed by atoms with Crippen molar-refractivity contribution >= 4 is 58.7 Å². The molecule has 164 valence electrons. The molecule has 1 aliphatic heterocycles. The fourth-order valence-corrected chi connectivity index (χ4v) is 4.80. The highest BCUT2D eigenvalue weighted by atomic mass is 32.1. The first kappa shape index (κ1) is 22.1. The number of aromatic nitrogens is 1. The molecule has 2 aromatic carbocycles. The van der Waals surface area contributed by atoms with Crippen molar-refractivity contribution in [1.29, 1.82) is 0 Å². The predicted octanol–water partition coefficient (Wildman–Crippen LogP) is 6.58. The molecule has 0 saturated carbocycles. The number of aliphatic imine (C=N–C) groups is 1. The van der Waals surface area contributed by atoms with Crippen molar-refractivity contribution in [3.8, 4) is 5.88 Å². The summed E-state index contributed by atoms with van der Waals surface area (Å²) in [6.07, 6.45) is 6.44. The van der Waals surface area contributed by atoms with Crippen molar-refractivity contribution < 1.29 is 14.3 Å². The van der Waals surface area contributed by atoms with Gasteiger partial charge >= 0.3 is 0 Å². The minimum atomic E-state index is -0.334. The van der Waals surface area contributed by atoms with Gasteiger partial charge in [0.2, 0.25) is 11.8 Å². The Morgan fingerprint density at radius 2 is 1.94 bits per heavy atom. The van der Waals surface area contributed by atoms with E-state index in [4.69, 9.17) is 12.2 Å². The molecule has 0 atom stereocenters. The molecule has 4 rings (SSSR count). The van der Waals surface area contributed by atoms with Crippen LogP contribution in [0, 0.1) is 9.77 Å². The Kier molecular flexibility index (Phi) is 6.92. The maximum absolute atomic E-state index is 12.9. The molecule has 3 aromatic rings. The minimum Gasteiger partial charge on any atom is -0.493 e. The third-order valence-electron chi connectivity index (χ3n) is 5.15. The fourth-order valence-electron chi connectivity index (χ4n) is 3.49. The Balaban J connectivity index is 1.28. The van der Waals surface area contributed by atoms with E-state index in [1.165, 1.54) is 35.6 Å². The smallest absolute Gasteiger partial charge is 0.224 e. The van der Waals surface area contributed by atoms with Crippen molar-refractivity contribution in [3.63, 3.8) is 0 Å². The monoisotopic (exact) mass is 467 g/mol. The lowest BCUT2D eigenvalue weighted by Crippen LogP contribution is -2.11. The number of benzene rings is 2. The standard InChI is InChI=1S/C24H22FN3O2S2/c25-17-9-11-18(12-10-17)27-22(29)8-2-1-5-13-28-23(30)21(32-24(28)31)14-16-15-26-20-7-4-3-6-19(16)20/h3-4,6-7,9-12,14-15,30H,1-2,5,8,13H2,(H,27,29)/b16-14+. The van der Waals surface area contributed by atoms with Gasteiger partial charge in [-0.3, -0.25) is 14.4 Å². The number of nitrogens with one attached hydrogen (secondary N) is 1. The Labute approximate surface area is 194 Å². The van der Waals surface area contributed by atoms with Gasteiger partial charge in [-0.05, 0) is 61.5 Å². The van der Waals surface area contributed by atoms with Crippen LogP contribution in [-0.4, -0.2) is 21.8 Å². The highest BCUT2D eigenvalue weighted by Gasteiger charge is 2.15. The van der Waals surface area contributed by atoms with Gasteiger partial charge in [0.15, 0.2) is 3.95 Å². The Bertz CT molecular complexity index is 1240. The van der Waals surface area contributed by atoms with Crippen LogP contribution >= 0.6 is 23.6 Å². The number of anilines is 1. The van der Waals surface area contributed by atoms with E-state index in [1.807, 2.05) is 30.3 Å². The van der Waals surface area contributed by atoms with Gasteiger partial charge in [0.25, 0.3) is 0 Å². The summed E-state index contributed by atoms with van der Waals surface area (Å²) in [5, 5.41) is 13.4. The maximum Gasteiger partial charge on any atom is 0.224 e. The number of para-hydroxylation sites is 1. The molecule has 0 aliphatic carbocycles. The summed E-state index contributed by atoms with van der Waals surface area (Å²) in [6, 6.07) is 13.6. The van der Waals surface area contributed by atoms with Gasteiger partial charge in [0.05, 0.1) is 10.6 Å². The highest BCUT2D eigenvalue weighted by Crippen LogP contribution is 2.35. The molecule has 0 spiro atoms. The Hall–Kier alpha value is -3.10. The lowest BCUT2D eigenvalue weighted by Gasteiger charge is -2.06. The molecule has 0 fully saturated rings. The molecule has 32 heavy (non-hydrogen) atoms. The van der Waals surface area contributed by atoms with Crippen molar-refractivity contribution in [2.24, 2.45) is 4.99 Å². The number of carbonyl (C=O) groups excluding carboxylic acids is 1. The van der Waals surface area contributed by atoms with E-state index >= 15 is 0 Å². The number of amides is 1. The number of aromatic hydroxyl groups is 1. The quantitative estimate of drug-likeness (QED) is 0.290. The van der Waals surface area contributed by atoms with Crippen LogP contribution in [0.1, 0.15) is 36.1 Å². The second-order valence-corrected chi connectivity index (χ2v) is 9.12. The number of allylic oxidation sites excluding steroid dienone is 1. The van der Waals surface area contributed by atoms with Crippen LogP contribution in [0.5, 0.6) is 5.88 Å². The van der Waals surface area contributed by atoms with Gasteiger partial charge in [0, 0.05) is 36.0 Å². The number of halogens is 1. The molecule has 5 nitrogen and oxygen atoms in total. The minimum absolute atomic E-state index is 0.0981. The molecule has 2 heterocycles. The highest BCUT2D eigenvalue weighted by molar-refractivity contribution is 7.73. The van der Waals surface area contributed by atoms with Gasteiger partial charge in [-0.25, -0.2) is 4.39 Å². The number of hydrogen-bond donors (Lipinski definition) is 2. The molecule has 0 unspecified atom stereocenters. The second-order valence-electron chi connectivity index (χ2n) is 7.45. The van der Waals surface area contributed by atoms with E-state index in [9.17, 15) is 14.3 Å². The summed E-state index contributed by atoms with van der Waals surface area (Å²) < 4.78 is 15.3. The SMILES string of the molecule is O=C(CCCCCn1c(O)c(/C=C2\C=Nc3ccccc32)sc1=S)Nc1ccc(F)cc1. The fraction of sp³-hybridized carbons (Fsp3) is 0.208. The molecule has 8 heteroatoms. The number of hydrogen-bond acceptors (Lipinski definition) is 5. The van der Waals surface area contributed by atoms with E-state index in [-0.39, 0.29) is 17.6 Å². The number of rotatable bonds is 8. The molecular weight excluding hydrogens is 445 g/mol. The van der Waals surface area contributed by atoms with E-state index in [0.717, 1.165) is 36.1 Å². The molecular formula is C24H22FN3O2S2. The van der Waals surface area contributed by atoms with Crippen LogP contribution in [-0.2, 0) is 11.3 Å². The largest absolute Gasteiger partial charge is 0.493 e. The van der Waals surface area contributed by atoms with Gasteiger partial charge in [0.1, 0.15) is 5.82 Å². The average Bonchev–Trinajstić information content (AvgIpc) is 3.31. The van der Waals surface area contributed by atoms with Crippen molar-refractivity contribution in [3.05, 3.63) is 68.7 Å². The number of fused-ring (bicyclic) bond motifs is 1. The zero-order chi connectivity index (χ0) is 22.5. The van der Waals surface area contributed by atoms with Crippen LogP contribution in [0.2, 0.25) is 0 Å². The molecule has 1 amide bonds. The van der Waals surface area contributed by atoms with Crippen LogP contribution in [0.3, 0.4) is 0 Å². The molecule has 0 saturated heterocycles. The first-order valence-electron chi connectivity index (χ1n) is 10.3. The number of thiazole rings is 1. The predicted molar refractivity (Wildman–Crippen MR) is 131 cm³/mol. The summed E-state index contributed by atoms with van der Waals surface area (Å²) in [6.45, 7) is 0.592. The van der Waals surface area contributed by atoms with Gasteiger partial charge in [-0.2, -0.15) is 0 Å². The molecule has 1 aromatic heterocycles. The van der Waals surface area contributed by atoms with E-state index in [1.54, 1.807) is 10.8 Å². The van der Waals surface area contributed by atoms with Gasteiger partial charge < -0.3 is 10.4 Å². The van der Waals surface area contributed by atoms with E-state index < -0.39 is 0 Å². The Morgan fingerprint density at radius 3 is 2.75 bits per heavy atom. The van der Waals surface area contributed by atoms with E-state index in [0.29, 0.717) is 27.5 Å². The van der Waals surface area contributed by atoms with Crippen LogP contribution < -0.4 is 5.32 Å². The van der Waals surface area contributed by atoms with Crippen LogP contribution in [0.4, 0.5) is 15.8 Å². The second kappa shape index (κ2) is 10.0.